The summed E-state index contributed by atoms with van der Waals surface area (Å²) in [6.07, 6.45) is 1.87. The van der Waals surface area contributed by atoms with E-state index in [-0.39, 0.29) is 5.78 Å². The van der Waals surface area contributed by atoms with E-state index in [0.717, 1.165) is 21.1 Å². The number of fused-ring (bicyclic) bond motifs is 1. The van der Waals surface area contributed by atoms with Gasteiger partial charge in [0.2, 0.25) is 0 Å². The molecule has 0 radical (unpaired) electrons. The molecular weight excluding hydrogens is 388 g/mol. The SMILES string of the molecule is O=C(C(=Cc1cccc(Br)c1)c1nc2ccccc2[nH]1)c1ccccc1. The summed E-state index contributed by atoms with van der Waals surface area (Å²) >= 11 is 3.48. The Morgan fingerprint density at radius 2 is 1.69 bits per heavy atom. The third-order valence-corrected chi connectivity index (χ3v) is 4.58. The Morgan fingerprint density at radius 3 is 2.46 bits per heavy atom. The van der Waals surface area contributed by atoms with Crippen molar-refractivity contribution in [2.75, 3.05) is 0 Å². The molecule has 4 aromatic rings. The molecule has 0 aliphatic rings. The highest BCUT2D eigenvalue weighted by Gasteiger charge is 2.18. The van der Waals surface area contributed by atoms with Gasteiger partial charge in [0.15, 0.2) is 5.78 Å². The van der Waals surface area contributed by atoms with Crippen LogP contribution >= 0.6 is 15.9 Å². The molecule has 0 amide bonds. The van der Waals surface area contributed by atoms with Crippen LogP contribution < -0.4 is 0 Å². The van der Waals surface area contributed by atoms with Crippen LogP contribution in [-0.2, 0) is 0 Å². The van der Waals surface area contributed by atoms with Crippen LogP contribution in [0.3, 0.4) is 0 Å². The number of nitrogens with zero attached hydrogens (tertiary/aromatic N) is 1. The Balaban J connectivity index is 1.87. The highest BCUT2D eigenvalue weighted by atomic mass is 79.9. The minimum atomic E-state index is -0.0652. The number of carbonyl (C=O) groups is 1. The fourth-order valence-corrected chi connectivity index (χ4v) is 3.25. The fraction of sp³-hybridized carbons (Fsp3) is 0. The first-order valence-electron chi connectivity index (χ1n) is 8.23. The number of hydrogen-bond acceptors (Lipinski definition) is 2. The van der Waals surface area contributed by atoms with Gasteiger partial charge in [-0.1, -0.05) is 70.5 Å². The topological polar surface area (TPSA) is 45.8 Å². The number of aromatic nitrogens is 2. The molecule has 126 valence electrons. The number of imidazole rings is 1. The number of hydrogen-bond donors (Lipinski definition) is 1. The molecule has 0 saturated heterocycles. The van der Waals surface area contributed by atoms with Crippen LogP contribution in [0.15, 0.2) is 83.3 Å². The maximum absolute atomic E-state index is 13.2. The first kappa shape index (κ1) is 16.5. The number of Topliss-reactive ketones (excluding diaryl/α,β-unsaturated/α-hetero) is 1. The Hall–Kier alpha value is -2.98. The zero-order chi connectivity index (χ0) is 17.9. The predicted molar refractivity (Wildman–Crippen MR) is 109 cm³/mol. The summed E-state index contributed by atoms with van der Waals surface area (Å²) in [5.74, 6) is 0.504. The zero-order valence-electron chi connectivity index (χ0n) is 13.8. The number of allylic oxidation sites excluding steroid dienone is 1. The molecule has 0 unspecified atom stereocenters. The predicted octanol–water partition coefficient (Wildman–Crippen LogP) is 5.75. The number of carbonyl (C=O) groups excluding carboxylic acids is 1. The van der Waals surface area contributed by atoms with Gasteiger partial charge >= 0.3 is 0 Å². The van der Waals surface area contributed by atoms with Gasteiger partial charge in [-0.05, 0) is 35.9 Å². The van der Waals surface area contributed by atoms with Gasteiger partial charge in [-0.15, -0.1) is 0 Å². The molecule has 0 bridgehead atoms. The lowest BCUT2D eigenvalue weighted by molar-refractivity contribution is 0.105. The largest absolute Gasteiger partial charge is 0.338 e. The summed E-state index contributed by atoms with van der Waals surface area (Å²) in [6.45, 7) is 0. The second-order valence-corrected chi connectivity index (χ2v) is 6.83. The van der Waals surface area contributed by atoms with E-state index in [0.29, 0.717) is 17.0 Å². The van der Waals surface area contributed by atoms with Crippen LogP contribution in [0.5, 0.6) is 0 Å². The van der Waals surface area contributed by atoms with Crippen molar-refractivity contribution in [1.82, 2.24) is 9.97 Å². The molecule has 1 heterocycles. The number of benzene rings is 3. The third-order valence-electron chi connectivity index (χ3n) is 4.08. The molecular formula is C22H15BrN2O. The number of nitrogens with one attached hydrogen (secondary N) is 1. The van der Waals surface area contributed by atoms with Crippen molar-refractivity contribution in [3.63, 3.8) is 0 Å². The minimum Gasteiger partial charge on any atom is -0.338 e. The Morgan fingerprint density at radius 1 is 0.923 bits per heavy atom. The molecule has 0 saturated carbocycles. The summed E-state index contributed by atoms with van der Waals surface area (Å²) in [5.41, 5.74) is 3.84. The van der Waals surface area contributed by atoms with Crippen LogP contribution in [0.4, 0.5) is 0 Å². The molecule has 0 aliphatic heterocycles. The average molecular weight is 403 g/mol. The lowest BCUT2D eigenvalue weighted by Crippen LogP contribution is -2.04. The van der Waals surface area contributed by atoms with Crippen LogP contribution in [0.25, 0.3) is 22.7 Å². The van der Waals surface area contributed by atoms with E-state index in [9.17, 15) is 4.79 Å². The summed E-state index contributed by atoms with van der Waals surface area (Å²) < 4.78 is 0.961. The summed E-state index contributed by atoms with van der Waals surface area (Å²) in [4.78, 5) is 21.1. The van der Waals surface area contributed by atoms with Gasteiger partial charge in [0.25, 0.3) is 0 Å². The van der Waals surface area contributed by atoms with Gasteiger partial charge in [0, 0.05) is 10.0 Å². The summed E-state index contributed by atoms with van der Waals surface area (Å²) in [6, 6.07) is 24.9. The van der Waals surface area contributed by atoms with E-state index in [1.165, 1.54) is 0 Å². The van der Waals surface area contributed by atoms with Gasteiger partial charge in [0.05, 0.1) is 16.6 Å². The van der Waals surface area contributed by atoms with Crippen molar-refractivity contribution < 1.29 is 4.79 Å². The van der Waals surface area contributed by atoms with E-state index in [2.05, 4.69) is 25.9 Å². The molecule has 4 heteroatoms. The first-order valence-corrected chi connectivity index (χ1v) is 9.02. The third kappa shape index (κ3) is 3.37. The first-order chi connectivity index (χ1) is 12.7. The van der Waals surface area contributed by atoms with Crippen LogP contribution in [-0.4, -0.2) is 15.8 Å². The molecule has 0 spiro atoms. The second-order valence-electron chi connectivity index (χ2n) is 5.91. The second kappa shape index (κ2) is 7.10. The number of aromatic amines is 1. The summed E-state index contributed by atoms with van der Waals surface area (Å²) in [5, 5.41) is 0. The van der Waals surface area contributed by atoms with Gasteiger partial charge in [-0.2, -0.15) is 0 Å². The van der Waals surface area contributed by atoms with Crippen molar-refractivity contribution in [1.29, 1.82) is 0 Å². The van der Waals surface area contributed by atoms with E-state index in [1.807, 2.05) is 84.9 Å². The zero-order valence-corrected chi connectivity index (χ0v) is 15.4. The molecule has 26 heavy (non-hydrogen) atoms. The van der Waals surface area contributed by atoms with Gasteiger partial charge in [0.1, 0.15) is 5.82 Å². The lowest BCUT2D eigenvalue weighted by atomic mass is 10.0. The van der Waals surface area contributed by atoms with Crippen molar-refractivity contribution in [3.05, 3.63) is 100 Å². The highest BCUT2D eigenvalue weighted by molar-refractivity contribution is 9.10. The molecule has 3 nitrogen and oxygen atoms in total. The lowest BCUT2D eigenvalue weighted by Gasteiger charge is -2.05. The van der Waals surface area contributed by atoms with Crippen molar-refractivity contribution in [2.45, 2.75) is 0 Å². The van der Waals surface area contributed by atoms with E-state index in [1.54, 1.807) is 0 Å². The number of ketones is 1. The Labute approximate surface area is 159 Å². The highest BCUT2D eigenvalue weighted by Crippen LogP contribution is 2.24. The molecule has 4 rings (SSSR count). The maximum Gasteiger partial charge on any atom is 0.196 e. The van der Waals surface area contributed by atoms with E-state index < -0.39 is 0 Å². The number of halogens is 1. The molecule has 0 fully saturated rings. The molecule has 3 aromatic carbocycles. The van der Waals surface area contributed by atoms with Crippen LogP contribution in [0, 0.1) is 0 Å². The smallest absolute Gasteiger partial charge is 0.196 e. The van der Waals surface area contributed by atoms with Crippen molar-refractivity contribution in [3.8, 4) is 0 Å². The summed E-state index contributed by atoms with van der Waals surface area (Å²) in [7, 11) is 0. The minimum absolute atomic E-state index is 0.0652. The average Bonchev–Trinajstić information content (AvgIpc) is 3.10. The number of para-hydroxylation sites is 2. The van der Waals surface area contributed by atoms with E-state index >= 15 is 0 Å². The monoisotopic (exact) mass is 402 g/mol. The molecule has 1 N–H and O–H groups in total. The standard InChI is InChI=1S/C22H15BrN2O/c23-17-10-6-7-15(13-17)14-18(21(26)16-8-2-1-3-9-16)22-24-19-11-4-5-12-20(19)25-22/h1-14H,(H,24,25). The van der Waals surface area contributed by atoms with E-state index in [4.69, 9.17) is 0 Å². The number of H-pyrrole nitrogens is 1. The fourth-order valence-electron chi connectivity index (χ4n) is 2.83. The Kier molecular flexibility index (Phi) is 4.50. The molecule has 0 aliphatic carbocycles. The van der Waals surface area contributed by atoms with Crippen LogP contribution in [0.2, 0.25) is 0 Å². The maximum atomic E-state index is 13.2. The molecule has 0 atom stereocenters. The van der Waals surface area contributed by atoms with Gasteiger partial charge in [-0.25, -0.2) is 4.98 Å². The van der Waals surface area contributed by atoms with Crippen molar-refractivity contribution in [2.24, 2.45) is 0 Å². The van der Waals surface area contributed by atoms with Crippen LogP contribution in [0.1, 0.15) is 21.7 Å². The quantitative estimate of drug-likeness (QED) is 0.348. The normalized spacial score (nSPS) is 11.7. The van der Waals surface area contributed by atoms with Crippen molar-refractivity contribution >= 4 is 44.4 Å². The Bertz CT molecular complexity index is 1080. The van der Waals surface area contributed by atoms with Gasteiger partial charge < -0.3 is 4.98 Å². The number of rotatable bonds is 4. The molecule has 1 aromatic heterocycles. The van der Waals surface area contributed by atoms with Gasteiger partial charge in [-0.3, -0.25) is 4.79 Å².